The molecular formula is C22H24N2O3S. The van der Waals surface area contributed by atoms with Gasteiger partial charge in [0, 0.05) is 30.0 Å². The largest absolute Gasteiger partial charge is 0.426 e. The molecule has 5 nitrogen and oxygen atoms in total. The van der Waals surface area contributed by atoms with E-state index < -0.39 is 0 Å². The van der Waals surface area contributed by atoms with Crippen LogP contribution in [-0.2, 0) is 4.79 Å². The molecule has 28 heavy (non-hydrogen) atoms. The fourth-order valence-corrected chi connectivity index (χ4v) is 4.84. The van der Waals surface area contributed by atoms with Gasteiger partial charge in [-0.25, -0.2) is 0 Å². The molecule has 6 heteroatoms. The van der Waals surface area contributed by atoms with Crippen molar-refractivity contribution in [1.29, 1.82) is 0 Å². The number of nitrogens with zero attached hydrogens (tertiary/aromatic N) is 1. The van der Waals surface area contributed by atoms with Crippen molar-refractivity contribution in [3.8, 4) is 5.75 Å². The van der Waals surface area contributed by atoms with Crippen LogP contribution in [0.5, 0.6) is 5.75 Å². The van der Waals surface area contributed by atoms with Gasteiger partial charge in [-0.15, -0.1) is 0 Å². The van der Waals surface area contributed by atoms with E-state index in [9.17, 15) is 9.59 Å². The predicted molar refractivity (Wildman–Crippen MR) is 109 cm³/mol. The first-order valence-corrected chi connectivity index (χ1v) is 10.5. The molecule has 3 saturated heterocycles. The Hall–Kier alpha value is -2.31. The van der Waals surface area contributed by atoms with E-state index in [4.69, 9.17) is 4.74 Å². The topological polar surface area (TPSA) is 58.6 Å². The van der Waals surface area contributed by atoms with Crippen molar-refractivity contribution < 1.29 is 14.3 Å². The van der Waals surface area contributed by atoms with Gasteiger partial charge in [-0.2, -0.15) is 0 Å². The van der Waals surface area contributed by atoms with Gasteiger partial charge in [-0.3, -0.25) is 9.59 Å². The van der Waals surface area contributed by atoms with E-state index in [-0.39, 0.29) is 17.9 Å². The van der Waals surface area contributed by atoms with Crippen LogP contribution in [-0.4, -0.2) is 42.5 Å². The van der Waals surface area contributed by atoms with Gasteiger partial charge in [-0.05, 0) is 68.2 Å². The van der Waals surface area contributed by atoms with Crippen LogP contribution in [0.15, 0.2) is 58.3 Å². The first-order valence-electron chi connectivity index (χ1n) is 9.67. The average molecular weight is 397 g/mol. The molecule has 0 aromatic heterocycles. The van der Waals surface area contributed by atoms with Gasteiger partial charge in [0.1, 0.15) is 5.75 Å². The van der Waals surface area contributed by atoms with E-state index in [2.05, 4.69) is 10.2 Å². The lowest BCUT2D eigenvalue weighted by atomic mass is 9.84. The normalized spacial score (nSPS) is 23.2. The van der Waals surface area contributed by atoms with Crippen LogP contribution < -0.4 is 10.1 Å². The van der Waals surface area contributed by atoms with E-state index in [0.29, 0.717) is 17.2 Å². The lowest BCUT2D eigenvalue weighted by Crippen LogP contribution is -2.57. The average Bonchev–Trinajstić information content (AvgIpc) is 2.70. The van der Waals surface area contributed by atoms with Crippen molar-refractivity contribution in [3.05, 3.63) is 54.1 Å². The molecule has 2 aromatic carbocycles. The fourth-order valence-electron chi connectivity index (χ4n) is 3.96. The third-order valence-electron chi connectivity index (χ3n) is 5.42. The van der Waals surface area contributed by atoms with E-state index in [1.54, 1.807) is 6.07 Å². The van der Waals surface area contributed by atoms with Crippen LogP contribution in [0.25, 0.3) is 0 Å². The second-order valence-electron chi connectivity index (χ2n) is 7.38. The second-order valence-corrected chi connectivity index (χ2v) is 8.50. The van der Waals surface area contributed by atoms with Gasteiger partial charge in [0.05, 0.1) is 4.90 Å². The molecule has 0 spiro atoms. The Labute approximate surface area is 169 Å². The number of benzene rings is 2. The highest BCUT2D eigenvalue weighted by molar-refractivity contribution is 7.99. The Morgan fingerprint density at radius 3 is 2.43 bits per heavy atom. The summed E-state index contributed by atoms with van der Waals surface area (Å²) >= 11 is 1.51. The molecule has 1 N–H and O–H groups in total. The minimum absolute atomic E-state index is 0.00406. The highest BCUT2D eigenvalue weighted by Crippen LogP contribution is 2.35. The summed E-state index contributed by atoms with van der Waals surface area (Å²) in [4.78, 5) is 28.2. The standard InChI is InChI=1S/C22H24N2O3S/c1-15(25)27-20-4-2-3-5-21(20)28-18-8-6-17(7-9-18)22(26)23-19-14-24-12-10-16(19)11-13-24/h2-9,16,19H,10-14H2,1H3,(H,23,26)/t19-/m0/s1. The Morgan fingerprint density at radius 2 is 1.79 bits per heavy atom. The molecule has 146 valence electrons. The minimum Gasteiger partial charge on any atom is -0.426 e. The molecule has 2 bridgehead atoms. The molecule has 3 heterocycles. The lowest BCUT2D eigenvalue weighted by molar-refractivity contribution is -0.132. The number of piperidine rings is 3. The Bertz CT molecular complexity index is 860. The molecule has 3 aliphatic heterocycles. The second kappa shape index (κ2) is 8.37. The van der Waals surface area contributed by atoms with Crippen molar-refractivity contribution >= 4 is 23.6 Å². The van der Waals surface area contributed by atoms with Crippen molar-refractivity contribution in [2.24, 2.45) is 5.92 Å². The first-order chi connectivity index (χ1) is 13.6. The van der Waals surface area contributed by atoms with E-state index in [1.807, 2.05) is 42.5 Å². The molecular weight excluding hydrogens is 372 g/mol. The third-order valence-corrected chi connectivity index (χ3v) is 6.48. The van der Waals surface area contributed by atoms with Gasteiger partial charge < -0.3 is 15.0 Å². The van der Waals surface area contributed by atoms with Gasteiger partial charge in [0.25, 0.3) is 5.91 Å². The van der Waals surface area contributed by atoms with E-state index in [0.717, 1.165) is 29.4 Å². The first kappa shape index (κ1) is 19.0. The fraction of sp³-hybridized carbons (Fsp3) is 0.364. The zero-order chi connectivity index (χ0) is 19.5. The van der Waals surface area contributed by atoms with Crippen LogP contribution in [0, 0.1) is 5.92 Å². The third kappa shape index (κ3) is 4.39. The number of ether oxygens (including phenoxy) is 1. The summed E-state index contributed by atoms with van der Waals surface area (Å²) in [6, 6.07) is 15.3. The summed E-state index contributed by atoms with van der Waals surface area (Å²) < 4.78 is 5.26. The van der Waals surface area contributed by atoms with Crippen molar-refractivity contribution in [1.82, 2.24) is 10.2 Å². The molecule has 0 saturated carbocycles. The van der Waals surface area contributed by atoms with Gasteiger partial charge in [0.2, 0.25) is 0 Å². The highest BCUT2D eigenvalue weighted by atomic mass is 32.2. The van der Waals surface area contributed by atoms with Crippen LogP contribution in [0.3, 0.4) is 0 Å². The molecule has 1 amide bonds. The van der Waals surface area contributed by atoms with Gasteiger partial charge >= 0.3 is 5.97 Å². The summed E-state index contributed by atoms with van der Waals surface area (Å²) in [5.41, 5.74) is 0.675. The lowest BCUT2D eigenvalue weighted by Gasteiger charge is -2.44. The summed E-state index contributed by atoms with van der Waals surface area (Å²) in [5.74, 6) is 0.814. The molecule has 0 radical (unpaired) electrons. The van der Waals surface area contributed by atoms with Crippen molar-refractivity contribution in [3.63, 3.8) is 0 Å². The molecule has 3 fully saturated rings. The summed E-state index contributed by atoms with van der Waals surface area (Å²) in [5, 5.41) is 3.22. The number of nitrogens with one attached hydrogen (secondary N) is 1. The molecule has 2 aromatic rings. The SMILES string of the molecule is CC(=O)Oc1ccccc1Sc1ccc(C(=O)N[C@H]2CN3CCC2CC3)cc1. The number of carbonyl (C=O) groups excluding carboxylic acids is 2. The zero-order valence-electron chi connectivity index (χ0n) is 15.9. The molecule has 0 aliphatic carbocycles. The molecule has 3 aliphatic rings. The van der Waals surface area contributed by atoms with Crippen LogP contribution in [0.1, 0.15) is 30.1 Å². The molecule has 1 atom stereocenters. The zero-order valence-corrected chi connectivity index (χ0v) is 16.7. The van der Waals surface area contributed by atoms with Crippen LogP contribution in [0.4, 0.5) is 0 Å². The number of carbonyl (C=O) groups is 2. The van der Waals surface area contributed by atoms with Crippen molar-refractivity contribution in [2.45, 2.75) is 35.6 Å². The number of para-hydroxylation sites is 1. The minimum atomic E-state index is -0.340. The number of rotatable bonds is 5. The number of amides is 1. The maximum atomic E-state index is 12.6. The smallest absolute Gasteiger partial charge is 0.308 e. The van der Waals surface area contributed by atoms with Crippen LogP contribution >= 0.6 is 11.8 Å². The highest BCUT2D eigenvalue weighted by Gasteiger charge is 2.34. The number of esters is 1. The Morgan fingerprint density at radius 1 is 1.07 bits per heavy atom. The number of fused-ring (bicyclic) bond motifs is 3. The monoisotopic (exact) mass is 396 g/mol. The molecule has 0 unspecified atom stereocenters. The van der Waals surface area contributed by atoms with E-state index >= 15 is 0 Å². The van der Waals surface area contributed by atoms with Crippen LogP contribution in [0.2, 0.25) is 0 Å². The molecule has 5 rings (SSSR count). The maximum Gasteiger partial charge on any atom is 0.308 e. The Balaban J connectivity index is 1.40. The van der Waals surface area contributed by atoms with Gasteiger partial charge in [0.15, 0.2) is 0 Å². The summed E-state index contributed by atoms with van der Waals surface area (Å²) in [7, 11) is 0. The van der Waals surface area contributed by atoms with Gasteiger partial charge in [-0.1, -0.05) is 23.9 Å². The predicted octanol–water partition coefficient (Wildman–Crippen LogP) is 3.59. The van der Waals surface area contributed by atoms with E-state index in [1.165, 1.54) is 31.5 Å². The maximum absolute atomic E-state index is 12.6. The quantitative estimate of drug-likeness (QED) is 0.618. The van der Waals surface area contributed by atoms with Crippen molar-refractivity contribution in [2.75, 3.05) is 19.6 Å². The Kier molecular flexibility index (Phi) is 5.69. The number of hydrogen-bond acceptors (Lipinski definition) is 5. The summed E-state index contributed by atoms with van der Waals surface area (Å²) in [6.45, 7) is 4.69. The summed E-state index contributed by atoms with van der Waals surface area (Å²) in [6.07, 6.45) is 2.37. The number of hydrogen-bond donors (Lipinski definition) is 1.